The third-order valence-electron chi connectivity index (χ3n) is 1.87. The number of methoxy groups -OCH3 is 1. The Hall–Kier alpha value is -1.36. The highest BCUT2D eigenvalue weighted by atomic mass is 16.5. The van der Waals surface area contributed by atoms with E-state index in [1.54, 1.807) is 19.4 Å². The Morgan fingerprint density at radius 1 is 1.57 bits per heavy atom. The van der Waals surface area contributed by atoms with E-state index in [1.807, 2.05) is 19.0 Å². The molecule has 0 fully saturated rings. The largest absolute Gasteiger partial charge is 0.481 e. The van der Waals surface area contributed by atoms with Gasteiger partial charge in [-0.25, -0.2) is 4.98 Å². The Balaban J connectivity index is 2.64. The first-order valence-electron chi connectivity index (χ1n) is 4.50. The van der Waals surface area contributed by atoms with Gasteiger partial charge in [0, 0.05) is 32.4 Å². The fourth-order valence-electron chi connectivity index (χ4n) is 1.01. The molecule has 78 valence electrons. The molecule has 0 amide bonds. The number of hydrogen-bond donors (Lipinski definition) is 1. The van der Waals surface area contributed by atoms with Gasteiger partial charge in [0.05, 0.1) is 7.11 Å². The Morgan fingerprint density at radius 2 is 2.36 bits per heavy atom. The lowest BCUT2D eigenvalue weighted by atomic mass is 10.5. The van der Waals surface area contributed by atoms with E-state index in [-0.39, 0.29) is 0 Å². The van der Waals surface area contributed by atoms with E-state index in [1.165, 1.54) is 0 Å². The van der Waals surface area contributed by atoms with Crippen molar-refractivity contribution in [2.24, 2.45) is 0 Å². The first-order chi connectivity index (χ1) is 6.77. The topological polar surface area (TPSA) is 50.3 Å². The average molecular weight is 196 g/mol. The number of ether oxygens (including phenoxy) is 1. The van der Waals surface area contributed by atoms with Crippen LogP contribution >= 0.6 is 0 Å². The lowest BCUT2D eigenvalue weighted by Gasteiger charge is -2.16. The zero-order chi connectivity index (χ0) is 10.4. The summed E-state index contributed by atoms with van der Waals surface area (Å²) in [5, 5.41) is 3.07. The summed E-state index contributed by atoms with van der Waals surface area (Å²) >= 11 is 0. The van der Waals surface area contributed by atoms with Crippen molar-refractivity contribution in [3.8, 4) is 5.88 Å². The van der Waals surface area contributed by atoms with Crippen molar-refractivity contribution in [3.63, 3.8) is 0 Å². The predicted octanol–water partition coefficient (Wildman–Crippen LogP) is 0.141. The van der Waals surface area contributed by atoms with Crippen LogP contribution in [0.15, 0.2) is 12.3 Å². The van der Waals surface area contributed by atoms with Crippen molar-refractivity contribution >= 4 is 5.95 Å². The molecule has 1 N–H and O–H groups in total. The van der Waals surface area contributed by atoms with Gasteiger partial charge >= 0.3 is 0 Å². The molecule has 5 nitrogen and oxygen atoms in total. The van der Waals surface area contributed by atoms with Crippen LogP contribution in [0.4, 0.5) is 5.95 Å². The van der Waals surface area contributed by atoms with Crippen LogP contribution in [-0.2, 0) is 0 Å². The third kappa shape index (κ3) is 2.85. The van der Waals surface area contributed by atoms with Crippen LogP contribution in [0, 0.1) is 0 Å². The van der Waals surface area contributed by atoms with E-state index in [0.717, 1.165) is 13.1 Å². The Kier molecular flexibility index (Phi) is 4.12. The maximum Gasteiger partial charge on any atom is 0.228 e. The van der Waals surface area contributed by atoms with Gasteiger partial charge in [-0.1, -0.05) is 0 Å². The van der Waals surface area contributed by atoms with Gasteiger partial charge < -0.3 is 15.0 Å². The van der Waals surface area contributed by atoms with Crippen LogP contribution in [0.3, 0.4) is 0 Å². The number of anilines is 1. The monoisotopic (exact) mass is 196 g/mol. The summed E-state index contributed by atoms with van der Waals surface area (Å²) in [5.74, 6) is 1.27. The summed E-state index contributed by atoms with van der Waals surface area (Å²) in [6.45, 7) is 1.76. The lowest BCUT2D eigenvalue weighted by molar-refractivity contribution is 0.397. The first-order valence-corrected chi connectivity index (χ1v) is 4.50. The highest BCUT2D eigenvalue weighted by Gasteiger charge is 2.03. The SMILES string of the molecule is CNCCN(C)c1nccc(OC)n1. The van der Waals surface area contributed by atoms with E-state index in [4.69, 9.17) is 4.74 Å². The van der Waals surface area contributed by atoms with E-state index in [0.29, 0.717) is 11.8 Å². The maximum absolute atomic E-state index is 5.02. The molecule has 0 aliphatic carbocycles. The van der Waals surface area contributed by atoms with Crippen LogP contribution in [0.5, 0.6) is 5.88 Å². The van der Waals surface area contributed by atoms with Crippen molar-refractivity contribution in [2.45, 2.75) is 0 Å². The highest BCUT2D eigenvalue weighted by molar-refractivity contribution is 5.30. The minimum Gasteiger partial charge on any atom is -0.481 e. The number of hydrogen-bond acceptors (Lipinski definition) is 5. The minimum atomic E-state index is 0.589. The smallest absolute Gasteiger partial charge is 0.228 e. The number of nitrogens with zero attached hydrogens (tertiary/aromatic N) is 3. The number of rotatable bonds is 5. The molecule has 0 spiro atoms. The van der Waals surface area contributed by atoms with Gasteiger partial charge in [-0.05, 0) is 7.05 Å². The Labute approximate surface area is 84.1 Å². The number of likely N-dealkylation sites (N-methyl/N-ethyl adjacent to an activating group) is 2. The summed E-state index contributed by atoms with van der Waals surface area (Å²) in [6.07, 6.45) is 1.69. The molecule has 0 unspecified atom stereocenters. The molecular formula is C9H16N4O. The normalized spacial score (nSPS) is 9.93. The second-order valence-electron chi connectivity index (χ2n) is 2.92. The van der Waals surface area contributed by atoms with Crippen molar-refractivity contribution in [3.05, 3.63) is 12.3 Å². The van der Waals surface area contributed by atoms with E-state index in [2.05, 4.69) is 15.3 Å². The molecule has 5 heteroatoms. The quantitative estimate of drug-likeness (QED) is 0.726. The predicted molar refractivity (Wildman–Crippen MR) is 55.8 cm³/mol. The summed E-state index contributed by atoms with van der Waals surface area (Å²) in [6, 6.07) is 1.73. The number of aromatic nitrogens is 2. The molecule has 0 aliphatic heterocycles. The van der Waals surface area contributed by atoms with Gasteiger partial charge in [-0.3, -0.25) is 0 Å². The van der Waals surface area contributed by atoms with Gasteiger partial charge in [-0.15, -0.1) is 0 Å². The van der Waals surface area contributed by atoms with E-state index in [9.17, 15) is 0 Å². The maximum atomic E-state index is 5.02. The standard InChI is InChI=1S/C9H16N4O/c1-10-6-7-13(2)9-11-5-4-8(12-9)14-3/h4-5,10H,6-7H2,1-3H3. The lowest BCUT2D eigenvalue weighted by Crippen LogP contribution is -2.28. The fourth-order valence-corrected chi connectivity index (χ4v) is 1.01. The van der Waals surface area contributed by atoms with Crippen LogP contribution in [0.25, 0.3) is 0 Å². The summed E-state index contributed by atoms with van der Waals surface area (Å²) in [4.78, 5) is 10.3. The van der Waals surface area contributed by atoms with E-state index >= 15 is 0 Å². The fraction of sp³-hybridized carbons (Fsp3) is 0.556. The molecule has 1 heterocycles. The van der Waals surface area contributed by atoms with Gasteiger partial charge in [0.25, 0.3) is 0 Å². The number of nitrogens with one attached hydrogen (secondary N) is 1. The summed E-state index contributed by atoms with van der Waals surface area (Å²) in [5.41, 5.74) is 0. The molecule has 0 atom stereocenters. The Bertz CT molecular complexity index is 279. The molecule has 1 rings (SSSR count). The second-order valence-corrected chi connectivity index (χ2v) is 2.92. The minimum absolute atomic E-state index is 0.589. The van der Waals surface area contributed by atoms with Crippen molar-refractivity contribution in [2.75, 3.05) is 39.2 Å². The van der Waals surface area contributed by atoms with Crippen molar-refractivity contribution in [1.82, 2.24) is 15.3 Å². The van der Waals surface area contributed by atoms with Crippen molar-refractivity contribution in [1.29, 1.82) is 0 Å². The molecule has 0 saturated carbocycles. The molecule has 0 aromatic carbocycles. The zero-order valence-electron chi connectivity index (χ0n) is 8.82. The molecule has 1 aromatic heterocycles. The van der Waals surface area contributed by atoms with Gasteiger partial charge in [0.15, 0.2) is 0 Å². The summed E-state index contributed by atoms with van der Waals surface area (Å²) in [7, 11) is 5.46. The molecule has 1 aromatic rings. The van der Waals surface area contributed by atoms with Crippen LogP contribution in [0.2, 0.25) is 0 Å². The van der Waals surface area contributed by atoms with E-state index < -0.39 is 0 Å². The molecule has 0 bridgehead atoms. The molecule has 0 saturated heterocycles. The molecule has 0 radical (unpaired) electrons. The molecule has 0 aliphatic rings. The molecule has 14 heavy (non-hydrogen) atoms. The first kappa shape index (κ1) is 10.7. The zero-order valence-corrected chi connectivity index (χ0v) is 8.82. The molecular weight excluding hydrogens is 180 g/mol. The van der Waals surface area contributed by atoms with Gasteiger partial charge in [-0.2, -0.15) is 4.98 Å². The second kappa shape index (κ2) is 5.39. The summed E-state index contributed by atoms with van der Waals surface area (Å²) < 4.78 is 5.02. The van der Waals surface area contributed by atoms with Crippen LogP contribution < -0.4 is 15.0 Å². The van der Waals surface area contributed by atoms with Crippen LogP contribution in [0.1, 0.15) is 0 Å². The van der Waals surface area contributed by atoms with Crippen LogP contribution in [-0.4, -0.2) is 44.3 Å². The Morgan fingerprint density at radius 3 is 3.00 bits per heavy atom. The van der Waals surface area contributed by atoms with Gasteiger partial charge in [0.1, 0.15) is 0 Å². The van der Waals surface area contributed by atoms with Gasteiger partial charge in [0.2, 0.25) is 11.8 Å². The highest BCUT2D eigenvalue weighted by Crippen LogP contribution is 2.09. The third-order valence-corrected chi connectivity index (χ3v) is 1.87. The average Bonchev–Trinajstić information content (AvgIpc) is 2.26. The van der Waals surface area contributed by atoms with Crippen molar-refractivity contribution < 1.29 is 4.74 Å².